The minimum atomic E-state index is -6.16. The van der Waals surface area contributed by atoms with Gasteiger partial charge in [0.2, 0.25) is 0 Å². The number of anilines is 1. The molecule has 0 amide bonds. The van der Waals surface area contributed by atoms with Gasteiger partial charge in [0, 0.05) is 11.8 Å². The molecule has 0 spiro atoms. The summed E-state index contributed by atoms with van der Waals surface area (Å²) in [6.07, 6.45) is -5.60. The van der Waals surface area contributed by atoms with Gasteiger partial charge in [-0.2, -0.15) is 4.98 Å². The van der Waals surface area contributed by atoms with E-state index in [1.165, 1.54) is 6.92 Å². The molecule has 17 nitrogen and oxygen atoms in total. The molecule has 0 aromatic carbocycles. The van der Waals surface area contributed by atoms with Crippen LogP contribution in [0.4, 0.5) is 5.82 Å². The summed E-state index contributed by atoms with van der Waals surface area (Å²) in [7, 11) is -18.1. The molecule has 6 atom stereocenters. The van der Waals surface area contributed by atoms with Crippen molar-refractivity contribution in [3.8, 4) is 0 Å². The predicted molar refractivity (Wildman–Crippen MR) is 84.5 cm³/mol. The molecule has 1 aromatic rings. The summed E-state index contributed by atoms with van der Waals surface area (Å²) in [4.78, 5) is 58.5. The molecular formula is C10H14N3Na4O14P3. The average Bonchev–Trinajstić information content (AvgIpc) is 2.81. The molecule has 172 valence electrons. The summed E-state index contributed by atoms with van der Waals surface area (Å²) < 4.78 is 49.3. The Bertz CT molecular complexity index is 1010. The standard InChI is InChI=1S/C10H18N3O14P3.4Na/c1-4-2-13(10(16)12-8(4)11)9-7(15)6(14)5(25-9)3-24-29(20,21)27-30(22,23)26-28(17,18)19;;;;/h2,5-7,9,14-15H,3H2,1H3,(H,20,21)(H,22,23)(H2,11,12,16)(H2,17,18,19);;;;/q;4*+1/p-4/t5-,6-,7-,9-;;;;/m1..../s1. The number of nitrogens with zero attached hydrogens (tertiary/aromatic N) is 2. The molecule has 1 aliphatic rings. The van der Waals surface area contributed by atoms with Crippen LogP contribution in [0.25, 0.3) is 0 Å². The number of aryl methyl sites for hydroxylation is 1. The maximum Gasteiger partial charge on any atom is 1.00 e. The van der Waals surface area contributed by atoms with Crippen LogP contribution in [0, 0.1) is 6.92 Å². The molecule has 34 heavy (non-hydrogen) atoms. The van der Waals surface area contributed by atoms with Gasteiger partial charge in [-0.25, -0.2) is 9.11 Å². The first-order valence-electron chi connectivity index (χ1n) is 7.59. The fourth-order valence-electron chi connectivity index (χ4n) is 2.31. The second kappa shape index (κ2) is 16.3. The zero-order valence-electron chi connectivity index (χ0n) is 18.7. The van der Waals surface area contributed by atoms with E-state index in [4.69, 9.17) is 10.5 Å². The number of phosphoric acid groups is 3. The van der Waals surface area contributed by atoms with Crippen LogP contribution in [0.3, 0.4) is 0 Å². The minimum absolute atomic E-state index is 0. The maximum absolute atomic E-state index is 11.9. The molecule has 1 fully saturated rings. The summed E-state index contributed by atoms with van der Waals surface area (Å²) in [6.45, 7) is 0.339. The number of nitrogens with two attached hydrogens (primary N) is 1. The smallest absolute Gasteiger partial charge is 0.790 e. The SMILES string of the molecule is Cc1cn([C@@H]2O[C@H](COP(=O)([O-])OP(=O)([O-])OP(=O)([O-])[O-])[C@@H](O)[C@H]2O)c(=O)nc1N.[Na+].[Na+].[Na+].[Na+]. The van der Waals surface area contributed by atoms with Crippen molar-refractivity contribution in [2.24, 2.45) is 0 Å². The van der Waals surface area contributed by atoms with Crippen LogP contribution in [0.15, 0.2) is 11.0 Å². The van der Waals surface area contributed by atoms with Crippen molar-refractivity contribution in [3.05, 3.63) is 22.2 Å². The van der Waals surface area contributed by atoms with E-state index in [1.54, 1.807) is 0 Å². The molecule has 0 aliphatic carbocycles. The molecule has 4 N–H and O–H groups in total. The zero-order valence-corrected chi connectivity index (χ0v) is 29.4. The summed E-state index contributed by atoms with van der Waals surface area (Å²) in [5.41, 5.74) is 4.83. The quantitative estimate of drug-likeness (QED) is 0.189. The molecule has 24 heteroatoms. The first kappa shape index (κ1) is 41.5. The average molecular weight is 585 g/mol. The third-order valence-electron chi connectivity index (χ3n) is 3.58. The Morgan fingerprint density at radius 3 is 2.09 bits per heavy atom. The first-order valence-corrected chi connectivity index (χ1v) is 12.0. The normalized spacial score (nSPS) is 25.4. The van der Waals surface area contributed by atoms with Crippen molar-refractivity contribution in [2.45, 2.75) is 31.5 Å². The Hall–Kier alpha value is 2.97. The van der Waals surface area contributed by atoms with Crippen molar-refractivity contribution < 1.29 is 180 Å². The number of nitrogen functional groups attached to an aromatic ring is 1. The van der Waals surface area contributed by atoms with E-state index in [0.29, 0.717) is 5.56 Å². The van der Waals surface area contributed by atoms with Gasteiger partial charge in [0.05, 0.1) is 14.4 Å². The molecule has 0 bridgehead atoms. The van der Waals surface area contributed by atoms with Gasteiger partial charge in [0.25, 0.3) is 15.6 Å². The number of aliphatic hydroxyl groups is 2. The van der Waals surface area contributed by atoms with E-state index < -0.39 is 60.3 Å². The zero-order chi connectivity index (χ0) is 23.1. The van der Waals surface area contributed by atoms with Gasteiger partial charge in [-0.1, -0.05) is 0 Å². The molecule has 0 radical (unpaired) electrons. The van der Waals surface area contributed by atoms with Crippen molar-refractivity contribution in [1.29, 1.82) is 0 Å². The van der Waals surface area contributed by atoms with Crippen LogP contribution in [-0.2, 0) is 31.6 Å². The van der Waals surface area contributed by atoms with Crippen molar-refractivity contribution in [1.82, 2.24) is 9.55 Å². The Balaban J connectivity index is -0.00000240. The van der Waals surface area contributed by atoms with E-state index in [2.05, 4.69) is 18.1 Å². The van der Waals surface area contributed by atoms with E-state index in [1.807, 2.05) is 0 Å². The van der Waals surface area contributed by atoms with Gasteiger partial charge >= 0.3 is 124 Å². The van der Waals surface area contributed by atoms with Crippen LogP contribution in [0.2, 0.25) is 0 Å². The third-order valence-corrected chi connectivity index (χ3v) is 7.25. The van der Waals surface area contributed by atoms with Crippen LogP contribution < -0.4 is 149 Å². The predicted octanol–water partition coefficient (Wildman–Crippen LogP) is -16.4. The summed E-state index contributed by atoms with van der Waals surface area (Å²) in [5, 5.41) is 20.0. The Morgan fingerprint density at radius 1 is 1.06 bits per heavy atom. The maximum atomic E-state index is 11.9. The second-order valence-electron chi connectivity index (χ2n) is 5.85. The molecule has 2 rings (SSSR count). The molecule has 1 saturated heterocycles. The summed E-state index contributed by atoms with van der Waals surface area (Å²) in [5.74, 6) is -0.0985. The Morgan fingerprint density at radius 2 is 1.59 bits per heavy atom. The number of phosphoric ester groups is 1. The Kier molecular flexibility index (Phi) is 19.9. The van der Waals surface area contributed by atoms with Gasteiger partial charge < -0.3 is 49.3 Å². The third kappa shape index (κ3) is 12.4. The fraction of sp³-hybridized carbons (Fsp3) is 0.600. The number of rotatable bonds is 8. The van der Waals surface area contributed by atoms with Gasteiger partial charge in [0.15, 0.2) is 6.23 Å². The Labute approximate surface area is 280 Å². The summed E-state index contributed by atoms with van der Waals surface area (Å²) in [6, 6.07) is 0. The molecule has 1 aliphatic heterocycles. The molecular weight excluding hydrogens is 571 g/mol. The van der Waals surface area contributed by atoms with Crippen LogP contribution >= 0.6 is 23.5 Å². The fourth-order valence-corrected chi connectivity index (χ4v) is 5.17. The molecule has 0 saturated carbocycles. The van der Waals surface area contributed by atoms with Crippen molar-refractivity contribution >= 4 is 29.3 Å². The number of hydrogen-bond donors (Lipinski definition) is 3. The number of aromatic nitrogens is 2. The molecule has 1 aromatic heterocycles. The van der Waals surface area contributed by atoms with Gasteiger partial charge in [0.1, 0.15) is 24.1 Å². The van der Waals surface area contributed by atoms with Gasteiger partial charge in [-0.3, -0.25) is 18.0 Å². The van der Waals surface area contributed by atoms with Gasteiger partial charge in [-0.05, 0) is 6.92 Å². The monoisotopic (exact) mass is 585 g/mol. The topological polar surface area (TPSA) is 282 Å². The van der Waals surface area contributed by atoms with Crippen LogP contribution in [0.1, 0.15) is 11.8 Å². The number of ether oxygens (including phenoxy) is 1. The minimum Gasteiger partial charge on any atom is -0.790 e. The van der Waals surface area contributed by atoms with Crippen LogP contribution in [-0.4, -0.2) is 44.7 Å². The first-order chi connectivity index (χ1) is 13.5. The van der Waals surface area contributed by atoms with E-state index >= 15 is 0 Å². The van der Waals surface area contributed by atoms with E-state index in [-0.39, 0.29) is 124 Å². The summed E-state index contributed by atoms with van der Waals surface area (Å²) >= 11 is 0. The number of aliphatic hydroxyl groups excluding tert-OH is 2. The molecule has 2 heterocycles. The van der Waals surface area contributed by atoms with Gasteiger partial charge in [-0.15, -0.1) is 0 Å². The molecule has 2 unspecified atom stereocenters. The second-order valence-corrected chi connectivity index (χ2v) is 10.1. The van der Waals surface area contributed by atoms with E-state index in [0.717, 1.165) is 10.8 Å². The van der Waals surface area contributed by atoms with E-state index in [9.17, 15) is 48.3 Å². The largest absolute Gasteiger partial charge is 1.00 e. The van der Waals surface area contributed by atoms with Crippen molar-refractivity contribution in [2.75, 3.05) is 12.3 Å². The van der Waals surface area contributed by atoms with Crippen LogP contribution in [0.5, 0.6) is 0 Å². The van der Waals surface area contributed by atoms with Crippen molar-refractivity contribution in [3.63, 3.8) is 0 Å². The number of hydrogen-bond acceptors (Lipinski definition) is 16.